The van der Waals surface area contributed by atoms with Crippen LogP contribution >= 0.6 is 0 Å². The molecule has 0 aliphatic rings. The highest BCUT2D eigenvalue weighted by Crippen LogP contribution is 2.20. The highest BCUT2D eigenvalue weighted by atomic mass is 16.5. The number of carbonyl (C=O) groups excluding carboxylic acids is 2. The average Bonchev–Trinajstić information content (AvgIpc) is 3.06. The summed E-state index contributed by atoms with van der Waals surface area (Å²) in [6.07, 6.45) is 1.95. The standard InChI is InChI=1S/C21H21N3O4/c1-2-28-19(25)14-24-13-16(17-10-6-7-11-18(17)24)12-22-23-21(27)20(26)15-8-4-3-5-9-15/h3-13,20,26H,2,14H2,1H3,(H,23,27)/b22-12-/t20-/m1/s1. The Hall–Kier alpha value is -3.45. The van der Waals surface area contributed by atoms with Crippen LogP contribution in [0.25, 0.3) is 10.9 Å². The molecular formula is C21H21N3O4. The van der Waals surface area contributed by atoms with Crippen molar-refractivity contribution >= 4 is 29.0 Å². The Bertz CT molecular complexity index is 995. The van der Waals surface area contributed by atoms with Gasteiger partial charge in [0.05, 0.1) is 12.8 Å². The number of rotatable bonds is 7. The highest BCUT2D eigenvalue weighted by Gasteiger charge is 2.16. The Labute approximate surface area is 162 Å². The number of benzene rings is 2. The summed E-state index contributed by atoms with van der Waals surface area (Å²) in [5.41, 5.74) is 4.42. The first-order valence-corrected chi connectivity index (χ1v) is 8.89. The van der Waals surface area contributed by atoms with Crippen molar-refractivity contribution in [3.63, 3.8) is 0 Å². The van der Waals surface area contributed by atoms with Gasteiger partial charge in [0.2, 0.25) is 0 Å². The van der Waals surface area contributed by atoms with Crippen LogP contribution in [0.3, 0.4) is 0 Å². The number of hydrogen-bond acceptors (Lipinski definition) is 5. The van der Waals surface area contributed by atoms with E-state index in [2.05, 4.69) is 10.5 Å². The van der Waals surface area contributed by atoms with E-state index < -0.39 is 12.0 Å². The van der Waals surface area contributed by atoms with E-state index in [1.165, 1.54) is 6.21 Å². The summed E-state index contributed by atoms with van der Waals surface area (Å²) < 4.78 is 6.78. The number of hydrogen-bond donors (Lipinski definition) is 2. The van der Waals surface area contributed by atoms with Crippen molar-refractivity contribution in [1.29, 1.82) is 0 Å². The van der Waals surface area contributed by atoms with Crippen LogP contribution in [0.2, 0.25) is 0 Å². The molecule has 7 heteroatoms. The number of amides is 1. The normalized spacial score (nSPS) is 12.2. The number of aliphatic hydroxyl groups excluding tert-OH is 1. The Morgan fingerprint density at radius 2 is 1.89 bits per heavy atom. The Morgan fingerprint density at radius 3 is 2.64 bits per heavy atom. The number of aromatic nitrogens is 1. The molecule has 2 aromatic carbocycles. The van der Waals surface area contributed by atoms with Crippen LogP contribution in [0.5, 0.6) is 0 Å². The first kappa shape index (κ1) is 19.3. The summed E-state index contributed by atoms with van der Waals surface area (Å²) in [5, 5.41) is 14.9. The molecule has 0 saturated carbocycles. The predicted octanol–water partition coefficient (Wildman–Crippen LogP) is 2.39. The number of hydrazone groups is 1. The number of fused-ring (bicyclic) bond motifs is 1. The van der Waals surface area contributed by atoms with E-state index in [9.17, 15) is 14.7 Å². The molecule has 0 radical (unpaired) electrons. The SMILES string of the molecule is CCOC(=O)Cn1cc(/C=N\NC(=O)[C@H](O)c2ccccc2)c2ccccc21. The number of aliphatic hydroxyl groups is 1. The molecule has 144 valence electrons. The Morgan fingerprint density at radius 1 is 1.18 bits per heavy atom. The van der Waals surface area contributed by atoms with Crippen molar-refractivity contribution in [3.8, 4) is 0 Å². The van der Waals surface area contributed by atoms with Crippen molar-refractivity contribution in [3.05, 3.63) is 71.9 Å². The van der Waals surface area contributed by atoms with Crippen LogP contribution in [0.15, 0.2) is 65.9 Å². The first-order chi connectivity index (χ1) is 13.6. The van der Waals surface area contributed by atoms with Gasteiger partial charge in [0, 0.05) is 22.7 Å². The van der Waals surface area contributed by atoms with Gasteiger partial charge in [-0.25, -0.2) is 5.43 Å². The lowest BCUT2D eigenvalue weighted by atomic mass is 10.1. The minimum absolute atomic E-state index is 0.0846. The lowest BCUT2D eigenvalue weighted by Gasteiger charge is -2.08. The molecular weight excluding hydrogens is 358 g/mol. The largest absolute Gasteiger partial charge is 0.465 e. The summed E-state index contributed by atoms with van der Waals surface area (Å²) >= 11 is 0. The molecule has 0 bridgehead atoms. The fraction of sp³-hybridized carbons (Fsp3) is 0.190. The van der Waals surface area contributed by atoms with Gasteiger partial charge >= 0.3 is 5.97 Å². The second-order valence-electron chi connectivity index (χ2n) is 6.08. The molecule has 0 aliphatic carbocycles. The molecule has 1 amide bonds. The number of para-hydroxylation sites is 1. The summed E-state index contributed by atoms with van der Waals surface area (Å²) in [4.78, 5) is 23.9. The molecule has 0 unspecified atom stereocenters. The van der Waals surface area contributed by atoms with Crippen molar-refractivity contribution in [1.82, 2.24) is 9.99 Å². The van der Waals surface area contributed by atoms with E-state index in [0.29, 0.717) is 12.2 Å². The minimum Gasteiger partial charge on any atom is -0.465 e. The molecule has 7 nitrogen and oxygen atoms in total. The summed E-state index contributed by atoms with van der Waals surface area (Å²) in [5.74, 6) is -0.955. The third kappa shape index (κ3) is 4.44. The van der Waals surface area contributed by atoms with Crippen LogP contribution in [-0.4, -0.2) is 34.4 Å². The van der Waals surface area contributed by atoms with Crippen molar-refractivity contribution in [2.24, 2.45) is 5.10 Å². The maximum absolute atomic E-state index is 12.1. The molecule has 28 heavy (non-hydrogen) atoms. The minimum atomic E-state index is -1.30. The van der Waals surface area contributed by atoms with E-state index in [1.54, 1.807) is 48.0 Å². The number of nitrogens with zero attached hydrogens (tertiary/aromatic N) is 2. The van der Waals surface area contributed by atoms with E-state index in [4.69, 9.17) is 4.74 Å². The quantitative estimate of drug-likeness (QED) is 0.374. The van der Waals surface area contributed by atoms with Gasteiger partial charge in [0.1, 0.15) is 6.54 Å². The molecule has 1 aromatic heterocycles. The average molecular weight is 379 g/mol. The molecule has 1 atom stereocenters. The molecule has 1 heterocycles. The van der Waals surface area contributed by atoms with Gasteiger partial charge < -0.3 is 14.4 Å². The zero-order chi connectivity index (χ0) is 19.9. The highest BCUT2D eigenvalue weighted by molar-refractivity contribution is 6.00. The smallest absolute Gasteiger partial charge is 0.325 e. The van der Waals surface area contributed by atoms with Gasteiger partial charge in [-0.05, 0) is 18.6 Å². The van der Waals surface area contributed by atoms with Gasteiger partial charge in [-0.1, -0.05) is 48.5 Å². The summed E-state index contributed by atoms with van der Waals surface area (Å²) in [6, 6.07) is 16.2. The Balaban J connectivity index is 1.75. The van der Waals surface area contributed by atoms with Crippen LogP contribution < -0.4 is 5.43 Å². The zero-order valence-electron chi connectivity index (χ0n) is 15.4. The maximum Gasteiger partial charge on any atom is 0.325 e. The fourth-order valence-electron chi connectivity index (χ4n) is 2.87. The van der Waals surface area contributed by atoms with Gasteiger partial charge in [-0.2, -0.15) is 5.10 Å². The number of esters is 1. The topological polar surface area (TPSA) is 92.9 Å². The van der Waals surface area contributed by atoms with Crippen molar-refractivity contribution in [2.75, 3.05) is 6.61 Å². The zero-order valence-corrected chi connectivity index (χ0v) is 15.4. The third-order valence-electron chi connectivity index (χ3n) is 4.17. The summed E-state index contributed by atoms with van der Waals surface area (Å²) in [7, 11) is 0. The third-order valence-corrected chi connectivity index (χ3v) is 4.17. The summed E-state index contributed by atoms with van der Waals surface area (Å²) in [6.45, 7) is 2.17. The molecule has 0 aliphatic heterocycles. The van der Waals surface area contributed by atoms with Crippen LogP contribution in [0.4, 0.5) is 0 Å². The lowest BCUT2D eigenvalue weighted by Crippen LogP contribution is -2.25. The predicted molar refractivity (Wildman–Crippen MR) is 106 cm³/mol. The van der Waals surface area contributed by atoms with E-state index in [0.717, 1.165) is 16.5 Å². The van der Waals surface area contributed by atoms with Crippen LogP contribution in [-0.2, 0) is 20.9 Å². The molecule has 0 spiro atoms. The number of nitrogens with one attached hydrogen (secondary N) is 1. The molecule has 2 N–H and O–H groups in total. The lowest BCUT2D eigenvalue weighted by molar-refractivity contribution is -0.143. The van der Waals surface area contributed by atoms with E-state index >= 15 is 0 Å². The second-order valence-corrected chi connectivity index (χ2v) is 6.08. The van der Waals surface area contributed by atoms with E-state index in [1.807, 2.05) is 24.3 Å². The molecule has 3 rings (SSSR count). The fourth-order valence-corrected chi connectivity index (χ4v) is 2.87. The monoisotopic (exact) mass is 379 g/mol. The van der Waals surface area contributed by atoms with Gasteiger partial charge in [-0.3, -0.25) is 9.59 Å². The maximum atomic E-state index is 12.1. The van der Waals surface area contributed by atoms with E-state index in [-0.39, 0.29) is 12.5 Å². The van der Waals surface area contributed by atoms with Crippen molar-refractivity contribution in [2.45, 2.75) is 19.6 Å². The molecule has 0 fully saturated rings. The van der Waals surface area contributed by atoms with Gasteiger partial charge in [-0.15, -0.1) is 0 Å². The molecule has 0 saturated heterocycles. The molecule has 3 aromatic rings. The van der Waals surface area contributed by atoms with Gasteiger partial charge in [0.15, 0.2) is 6.10 Å². The van der Waals surface area contributed by atoms with Crippen LogP contribution in [0.1, 0.15) is 24.2 Å². The number of ether oxygens (including phenoxy) is 1. The Kier molecular flexibility index (Phi) is 6.18. The first-order valence-electron chi connectivity index (χ1n) is 8.89. The second kappa shape index (κ2) is 8.96. The van der Waals surface area contributed by atoms with Gasteiger partial charge in [0.25, 0.3) is 5.91 Å². The number of carbonyl (C=O) groups is 2. The van der Waals surface area contributed by atoms with Crippen molar-refractivity contribution < 1.29 is 19.4 Å². The van der Waals surface area contributed by atoms with Crippen LogP contribution in [0, 0.1) is 0 Å².